The van der Waals surface area contributed by atoms with Crippen LogP contribution in [0.4, 0.5) is 0 Å². The monoisotopic (exact) mass is 397 g/mol. The molecule has 0 saturated carbocycles. The summed E-state index contributed by atoms with van der Waals surface area (Å²) in [6.45, 7) is 4.18. The van der Waals surface area contributed by atoms with Crippen molar-refractivity contribution in [3.05, 3.63) is 34.3 Å². The van der Waals surface area contributed by atoms with Gasteiger partial charge < -0.3 is 0 Å². The Labute approximate surface area is 134 Å². The molecule has 20 heavy (non-hydrogen) atoms. The van der Waals surface area contributed by atoms with E-state index in [-0.39, 0.29) is 0 Å². The van der Waals surface area contributed by atoms with Crippen LogP contribution in [0.3, 0.4) is 0 Å². The number of hydrogen-bond donors (Lipinski definition) is 0. The van der Waals surface area contributed by atoms with Gasteiger partial charge in [0.25, 0.3) is 0 Å². The van der Waals surface area contributed by atoms with Gasteiger partial charge in [-0.05, 0) is 0 Å². The molecule has 0 aromatic heterocycles. The van der Waals surface area contributed by atoms with Crippen LogP contribution in [0.1, 0.15) is 24.8 Å². The van der Waals surface area contributed by atoms with Gasteiger partial charge in [-0.25, -0.2) is 0 Å². The second kappa shape index (κ2) is 6.98. The van der Waals surface area contributed by atoms with Crippen LogP contribution in [0, 0.1) is 0 Å². The van der Waals surface area contributed by atoms with Crippen molar-refractivity contribution in [1.29, 1.82) is 0 Å². The number of hydrogen-bond acceptors (Lipinski definition) is 1. The molecule has 0 spiro atoms. The Bertz CT molecular complexity index is 405. The van der Waals surface area contributed by atoms with Crippen molar-refractivity contribution in [3.8, 4) is 0 Å². The van der Waals surface area contributed by atoms with Crippen LogP contribution >= 0.6 is 15.9 Å². The van der Waals surface area contributed by atoms with Crippen LogP contribution in [-0.2, 0) is 6.42 Å². The van der Waals surface area contributed by atoms with Crippen LogP contribution < -0.4 is 0 Å². The van der Waals surface area contributed by atoms with Crippen molar-refractivity contribution >= 4 is 29.2 Å². The Hall–Kier alpha value is 0.203. The van der Waals surface area contributed by atoms with Crippen molar-refractivity contribution in [2.24, 2.45) is 0 Å². The first kappa shape index (κ1) is 15.1. The van der Waals surface area contributed by atoms with Crippen LogP contribution in [0.25, 0.3) is 0 Å². The first-order chi connectivity index (χ1) is 9.76. The molecule has 1 aromatic carbocycles. The molecule has 3 heteroatoms. The molecule has 1 nitrogen and oxygen atoms in total. The van der Waals surface area contributed by atoms with Gasteiger partial charge in [0.2, 0.25) is 0 Å². The molecule has 3 heterocycles. The summed E-state index contributed by atoms with van der Waals surface area (Å²) in [5.41, 5.74) is 1.55. The predicted octanol–water partition coefficient (Wildman–Crippen LogP) is 4.94. The van der Waals surface area contributed by atoms with Crippen molar-refractivity contribution < 1.29 is 0 Å². The first-order valence-corrected chi connectivity index (χ1v) is 15.0. The SMILES string of the molecule is Brc1ccc(C[CH2][Ge]23[CH2]CCN(CC[CH2]2)CC[CH2]3)cc1. The molecule has 1 aromatic rings. The van der Waals surface area contributed by atoms with Crippen LogP contribution in [0.2, 0.25) is 21.0 Å². The van der Waals surface area contributed by atoms with Crippen molar-refractivity contribution in [2.45, 2.75) is 46.7 Å². The molecule has 0 radical (unpaired) electrons. The number of rotatable bonds is 3. The van der Waals surface area contributed by atoms with Crippen molar-refractivity contribution in [3.63, 3.8) is 0 Å². The average Bonchev–Trinajstić information content (AvgIpc) is 2.38. The molecule has 3 aliphatic heterocycles. The Morgan fingerprint density at radius 3 is 2.00 bits per heavy atom. The summed E-state index contributed by atoms with van der Waals surface area (Å²) in [5, 5.41) is 6.52. The molecule has 0 N–H and O–H groups in total. The summed E-state index contributed by atoms with van der Waals surface area (Å²) in [5.74, 6) is 0. The maximum absolute atomic E-state index is 3.54. The molecule has 4 rings (SSSR count). The van der Waals surface area contributed by atoms with Gasteiger partial charge in [0.15, 0.2) is 0 Å². The van der Waals surface area contributed by atoms with E-state index in [1.165, 1.54) is 49.8 Å². The summed E-state index contributed by atoms with van der Waals surface area (Å²) < 4.78 is 1.21. The predicted molar refractivity (Wildman–Crippen MR) is 93.1 cm³/mol. The zero-order chi connectivity index (χ0) is 13.8. The fraction of sp³-hybridized carbons (Fsp3) is 0.647. The average molecular weight is 397 g/mol. The van der Waals surface area contributed by atoms with Gasteiger partial charge in [0.1, 0.15) is 0 Å². The Kier molecular flexibility index (Phi) is 5.27. The zero-order valence-electron chi connectivity index (χ0n) is 12.4. The van der Waals surface area contributed by atoms with E-state index in [1.807, 2.05) is 0 Å². The minimum absolute atomic E-state index is 1.21. The van der Waals surface area contributed by atoms with Gasteiger partial charge in [-0.1, -0.05) is 0 Å². The fourth-order valence-electron chi connectivity index (χ4n) is 4.18. The topological polar surface area (TPSA) is 3.24 Å². The Morgan fingerprint density at radius 1 is 0.900 bits per heavy atom. The molecule has 0 aliphatic carbocycles. The summed E-state index contributed by atoms with van der Waals surface area (Å²) in [4.78, 5) is 2.72. The van der Waals surface area contributed by atoms with E-state index < -0.39 is 13.3 Å². The van der Waals surface area contributed by atoms with Gasteiger partial charge >= 0.3 is 135 Å². The normalized spacial score (nSPS) is 30.6. The van der Waals surface area contributed by atoms with Crippen molar-refractivity contribution in [1.82, 2.24) is 4.90 Å². The number of nitrogens with zero attached hydrogens (tertiary/aromatic N) is 1. The molecule has 0 amide bonds. The quantitative estimate of drug-likeness (QED) is 0.654. The summed E-state index contributed by atoms with van der Waals surface area (Å²) >= 11 is 2.01. The zero-order valence-corrected chi connectivity index (χ0v) is 16.1. The third kappa shape index (κ3) is 3.89. The summed E-state index contributed by atoms with van der Waals surface area (Å²) in [7, 11) is 0. The van der Waals surface area contributed by atoms with E-state index in [1.54, 1.807) is 26.6 Å². The number of fused-ring (bicyclic) bond motifs is 6. The second-order valence-corrected chi connectivity index (χ2v) is 18.2. The molecular weight excluding hydrogens is 371 g/mol. The fourth-order valence-corrected chi connectivity index (χ4v) is 15.0. The van der Waals surface area contributed by atoms with E-state index >= 15 is 0 Å². The number of halogens is 1. The Balaban J connectivity index is 1.65. The van der Waals surface area contributed by atoms with Crippen LogP contribution in [0.5, 0.6) is 0 Å². The van der Waals surface area contributed by atoms with E-state index in [0.29, 0.717) is 0 Å². The van der Waals surface area contributed by atoms with E-state index in [0.717, 1.165) is 0 Å². The van der Waals surface area contributed by atoms with Gasteiger partial charge in [-0.3, -0.25) is 0 Å². The van der Waals surface area contributed by atoms with Gasteiger partial charge in [0, 0.05) is 0 Å². The molecule has 110 valence electrons. The number of aryl methyl sites for hydroxylation is 1. The second-order valence-electron chi connectivity index (χ2n) is 6.78. The van der Waals surface area contributed by atoms with E-state index in [4.69, 9.17) is 0 Å². The van der Waals surface area contributed by atoms with Gasteiger partial charge in [-0.2, -0.15) is 0 Å². The maximum atomic E-state index is 3.54. The van der Waals surface area contributed by atoms with Crippen LogP contribution in [-0.4, -0.2) is 37.8 Å². The van der Waals surface area contributed by atoms with Crippen LogP contribution in [0.15, 0.2) is 28.7 Å². The summed E-state index contributed by atoms with van der Waals surface area (Å²) in [6.07, 6.45) is 5.85. The van der Waals surface area contributed by atoms with Gasteiger partial charge in [0.05, 0.1) is 0 Å². The molecule has 0 unspecified atom stereocenters. The third-order valence-electron chi connectivity index (χ3n) is 5.40. The molecule has 3 saturated heterocycles. The van der Waals surface area contributed by atoms with Crippen molar-refractivity contribution in [2.75, 3.05) is 19.6 Å². The standard InChI is InChI=1S/C17H26BrGeN/c18-17-6-4-16(5-7-17)8-12-19-9-1-13-20(14-2-10-19)15-3-11-19/h4-7H,1-3,8-15H2. The Morgan fingerprint density at radius 2 is 1.45 bits per heavy atom. The number of benzene rings is 1. The summed E-state index contributed by atoms with van der Waals surface area (Å²) in [6, 6.07) is 9.04. The molecule has 3 fully saturated rings. The molecule has 3 aliphatic rings. The molecule has 0 atom stereocenters. The minimum atomic E-state index is -1.53. The van der Waals surface area contributed by atoms with E-state index in [9.17, 15) is 0 Å². The molecule has 2 bridgehead atoms. The van der Waals surface area contributed by atoms with E-state index in [2.05, 4.69) is 45.1 Å². The third-order valence-corrected chi connectivity index (χ3v) is 17.6. The molecular formula is C17H26BrGeN. The first-order valence-electron chi connectivity index (χ1n) is 8.23. The van der Waals surface area contributed by atoms with Gasteiger partial charge in [-0.15, -0.1) is 0 Å².